The fourth-order valence-corrected chi connectivity index (χ4v) is 3.06. The van der Waals surface area contributed by atoms with E-state index in [9.17, 15) is 4.79 Å². The minimum absolute atomic E-state index is 0.138. The Labute approximate surface area is 166 Å². The molecular formula is C20H17Cl2NO4. The number of esters is 1. The number of aryl methyl sites for hydroxylation is 1. The number of carbonyl (C=O) groups is 1. The van der Waals surface area contributed by atoms with E-state index in [2.05, 4.69) is 4.98 Å². The highest BCUT2D eigenvalue weighted by Crippen LogP contribution is 2.37. The van der Waals surface area contributed by atoms with E-state index < -0.39 is 5.97 Å². The fraction of sp³-hybridized carbons (Fsp3) is 0.200. The molecule has 0 N–H and O–H groups in total. The maximum absolute atomic E-state index is 12.0. The van der Waals surface area contributed by atoms with Crippen molar-refractivity contribution in [1.29, 1.82) is 0 Å². The first-order valence-corrected chi connectivity index (χ1v) is 8.90. The number of methoxy groups -OCH3 is 1. The third-order valence-electron chi connectivity index (χ3n) is 3.87. The molecule has 0 radical (unpaired) electrons. The summed E-state index contributed by atoms with van der Waals surface area (Å²) in [4.78, 5) is 16.5. The monoisotopic (exact) mass is 405 g/mol. The van der Waals surface area contributed by atoms with Gasteiger partial charge >= 0.3 is 5.97 Å². The number of rotatable bonds is 6. The van der Waals surface area contributed by atoms with Gasteiger partial charge < -0.3 is 14.2 Å². The number of benzene rings is 2. The van der Waals surface area contributed by atoms with Crippen LogP contribution in [-0.2, 0) is 16.1 Å². The number of halogens is 2. The van der Waals surface area contributed by atoms with Gasteiger partial charge in [-0.2, -0.15) is 0 Å². The number of hydrogen-bond donors (Lipinski definition) is 0. The van der Waals surface area contributed by atoms with E-state index in [0.717, 1.165) is 17.0 Å². The van der Waals surface area contributed by atoms with Crippen LogP contribution in [0.3, 0.4) is 0 Å². The molecule has 0 fully saturated rings. The number of pyridine rings is 1. The average Bonchev–Trinajstić information content (AvgIpc) is 2.66. The summed E-state index contributed by atoms with van der Waals surface area (Å²) < 4.78 is 15.9. The van der Waals surface area contributed by atoms with Crippen molar-refractivity contribution < 1.29 is 19.0 Å². The van der Waals surface area contributed by atoms with Crippen molar-refractivity contribution in [3.05, 3.63) is 63.8 Å². The van der Waals surface area contributed by atoms with Crippen LogP contribution in [0.25, 0.3) is 10.9 Å². The summed E-state index contributed by atoms with van der Waals surface area (Å²) in [5, 5.41) is 1.46. The Bertz CT molecular complexity index is 974. The quantitative estimate of drug-likeness (QED) is 0.541. The average molecular weight is 406 g/mol. The smallest absolute Gasteiger partial charge is 0.344 e. The lowest BCUT2D eigenvalue weighted by Crippen LogP contribution is -2.15. The van der Waals surface area contributed by atoms with Crippen molar-refractivity contribution in [2.24, 2.45) is 0 Å². The Hall–Kier alpha value is -2.50. The molecule has 2 aromatic carbocycles. The summed E-state index contributed by atoms with van der Waals surface area (Å²) in [6, 6.07) is 12.5. The summed E-state index contributed by atoms with van der Waals surface area (Å²) >= 11 is 12.4. The van der Waals surface area contributed by atoms with Gasteiger partial charge in [0.05, 0.1) is 17.2 Å². The first-order valence-electron chi connectivity index (χ1n) is 8.14. The van der Waals surface area contributed by atoms with E-state index in [1.807, 2.05) is 31.2 Å². The van der Waals surface area contributed by atoms with Gasteiger partial charge in [-0.25, -0.2) is 9.78 Å². The summed E-state index contributed by atoms with van der Waals surface area (Å²) in [5.74, 6) is 0.527. The molecule has 0 amide bonds. The van der Waals surface area contributed by atoms with Crippen LogP contribution in [0.15, 0.2) is 42.5 Å². The summed E-state index contributed by atoms with van der Waals surface area (Å²) in [6.07, 6.45) is 0. The van der Waals surface area contributed by atoms with Crippen LogP contribution in [0, 0.1) is 6.92 Å². The van der Waals surface area contributed by atoms with E-state index in [0.29, 0.717) is 21.7 Å². The maximum Gasteiger partial charge on any atom is 0.344 e. The standard InChI is InChI=1S/C20H17Cl2NO4/c1-12-3-8-15-16(21)9-17(22)20(19(15)23-12)27-11-18(24)26-10-13-4-6-14(25-2)7-5-13/h3-9H,10-11H2,1-2H3. The summed E-state index contributed by atoms with van der Waals surface area (Å²) in [5.41, 5.74) is 2.14. The second-order valence-electron chi connectivity index (χ2n) is 5.82. The molecule has 0 aliphatic carbocycles. The molecule has 1 heterocycles. The molecule has 0 unspecified atom stereocenters. The summed E-state index contributed by atoms with van der Waals surface area (Å²) in [7, 11) is 1.59. The Morgan fingerprint density at radius 2 is 1.81 bits per heavy atom. The molecule has 0 aliphatic rings. The molecule has 1 aromatic heterocycles. The minimum atomic E-state index is -0.516. The normalized spacial score (nSPS) is 10.7. The van der Waals surface area contributed by atoms with Crippen LogP contribution in [0.5, 0.6) is 11.5 Å². The highest BCUT2D eigenvalue weighted by molar-refractivity contribution is 6.39. The maximum atomic E-state index is 12.0. The molecule has 27 heavy (non-hydrogen) atoms. The van der Waals surface area contributed by atoms with Gasteiger partial charge in [0.1, 0.15) is 17.9 Å². The van der Waals surface area contributed by atoms with Crippen molar-refractivity contribution in [3.8, 4) is 11.5 Å². The predicted molar refractivity (Wildman–Crippen MR) is 105 cm³/mol. The fourth-order valence-electron chi connectivity index (χ4n) is 2.49. The minimum Gasteiger partial charge on any atom is -0.497 e. The molecule has 0 saturated carbocycles. The Morgan fingerprint density at radius 3 is 2.52 bits per heavy atom. The lowest BCUT2D eigenvalue weighted by molar-refractivity contribution is -0.147. The number of fused-ring (bicyclic) bond motifs is 1. The number of nitrogens with zero attached hydrogens (tertiary/aromatic N) is 1. The van der Waals surface area contributed by atoms with Crippen LogP contribution >= 0.6 is 23.2 Å². The van der Waals surface area contributed by atoms with Crippen LogP contribution in [-0.4, -0.2) is 24.7 Å². The molecule has 3 aromatic rings. The van der Waals surface area contributed by atoms with E-state index >= 15 is 0 Å². The molecule has 0 saturated heterocycles. The highest BCUT2D eigenvalue weighted by atomic mass is 35.5. The topological polar surface area (TPSA) is 57.7 Å². The molecule has 0 bridgehead atoms. The number of carbonyl (C=O) groups excluding carboxylic acids is 1. The zero-order chi connectivity index (χ0) is 19.4. The largest absolute Gasteiger partial charge is 0.497 e. The van der Waals surface area contributed by atoms with Gasteiger partial charge in [0.15, 0.2) is 12.4 Å². The third kappa shape index (κ3) is 4.62. The number of ether oxygens (including phenoxy) is 3. The molecule has 0 aliphatic heterocycles. The summed E-state index contributed by atoms with van der Waals surface area (Å²) in [6.45, 7) is 1.70. The van der Waals surface area contributed by atoms with E-state index in [-0.39, 0.29) is 18.2 Å². The SMILES string of the molecule is COc1ccc(COC(=O)COc2c(Cl)cc(Cl)c3ccc(C)nc23)cc1. The molecule has 3 rings (SSSR count). The van der Waals surface area contributed by atoms with Crippen molar-refractivity contribution >= 4 is 40.1 Å². The zero-order valence-corrected chi connectivity index (χ0v) is 16.3. The molecular weight excluding hydrogens is 389 g/mol. The number of hydrogen-bond acceptors (Lipinski definition) is 5. The zero-order valence-electron chi connectivity index (χ0n) is 14.8. The van der Waals surface area contributed by atoms with Gasteiger partial charge in [0, 0.05) is 11.1 Å². The molecule has 0 atom stereocenters. The van der Waals surface area contributed by atoms with Gasteiger partial charge in [-0.1, -0.05) is 35.3 Å². The van der Waals surface area contributed by atoms with E-state index in [4.69, 9.17) is 37.4 Å². The van der Waals surface area contributed by atoms with Gasteiger partial charge in [-0.3, -0.25) is 0 Å². The third-order valence-corrected chi connectivity index (χ3v) is 4.46. The van der Waals surface area contributed by atoms with Crippen molar-refractivity contribution in [2.45, 2.75) is 13.5 Å². The van der Waals surface area contributed by atoms with E-state index in [1.54, 1.807) is 25.3 Å². The van der Waals surface area contributed by atoms with Crippen LogP contribution in [0.1, 0.15) is 11.3 Å². The van der Waals surface area contributed by atoms with Gasteiger partial charge in [-0.05, 0) is 42.8 Å². The lowest BCUT2D eigenvalue weighted by atomic mass is 10.2. The van der Waals surface area contributed by atoms with Crippen molar-refractivity contribution in [3.63, 3.8) is 0 Å². The van der Waals surface area contributed by atoms with Crippen LogP contribution < -0.4 is 9.47 Å². The van der Waals surface area contributed by atoms with Gasteiger partial charge in [0.2, 0.25) is 0 Å². The molecule has 7 heteroatoms. The first-order chi connectivity index (χ1) is 13.0. The Morgan fingerprint density at radius 1 is 1.07 bits per heavy atom. The highest BCUT2D eigenvalue weighted by Gasteiger charge is 2.15. The molecule has 0 spiro atoms. The van der Waals surface area contributed by atoms with Gasteiger partial charge in [0.25, 0.3) is 0 Å². The second-order valence-corrected chi connectivity index (χ2v) is 6.63. The Kier molecular flexibility index (Phi) is 6.04. The van der Waals surface area contributed by atoms with Crippen LogP contribution in [0.2, 0.25) is 10.0 Å². The van der Waals surface area contributed by atoms with Gasteiger partial charge in [-0.15, -0.1) is 0 Å². The predicted octanol–water partition coefficient (Wildman–Crippen LogP) is 4.98. The first kappa shape index (κ1) is 19.3. The van der Waals surface area contributed by atoms with Crippen molar-refractivity contribution in [2.75, 3.05) is 13.7 Å². The van der Waals surface area contributed by atoms with Crippen LogP contribution in [0.4, 0.5) is 0 Å². The molecule has 5 nitrogen and oxygen atoms in total. The lowest BCUT2D eigenvalue weighted by Gasteiger charge is -2.12. The van der Waals surface area contributed by atoms with E-state index in [1.165, 1.54) is 0 Å². The second kappa shape index (κ2) is 8.46. The van der Waals surface area contributed by atoms with Crippen molar-refractivity contribution in [1.82, 2.24) is 4.98 Å². The molecule has 140 valence electrons. The Balaban J connectivity index is 1.67. The number of aromatic nitrogens is 1.